The number of hydrogen-bond acceptors (Lipinski definition) is 4. The topological polar surface area (TPSA) is 69.5 Å². The van der Waals surface area contributed by atoms with E-state index in [4.69, 9.17) is 0 Å². The van der Waals surface area contributed by atoms with Crippen molar-refractivity contribution in [3.63, 3.8) is 0 Å². The van der Waals surface area contributed by atoms with E-state index < -0.39 is 0 Å². The molecule has 32 heavy (non-hydrogen) atoms. The van der Waals surface area contributed by atoms with Crippen molar-refractivity contribution in [1.29, 1.82) is 0 Å². The van der Waals surface area contributed by atoms with Gasteiger partial charge in [-0.05, 0) is 64.0 Å². The predicted octanol–water partition coefficient (Wildman–Crippen LogP) is 2.38. The Morgan fingerprint density at radius 3 is 2.34 bits per heavy atom. The second kappa shape index (κ2) is 7.74. The Morgan fingerprint density at radius 2 is 1.66 bits per heavy atom. The molecule has 3 aromatic heterocycles. The molecular formula is C23H27FN6O2. The van der Waals surface area contributed by atoms with Gasteiger partial charge in [-0.2, -0.15) is 4.98 Å². The van der Waals surface area contributed by atoms with E-state index in [0.717, 1.165) is 43.0 Å². The van der Waals surface area contributed by atoms with Crippen molar-refractivity contribution < 1.29 is 4.39 Å². The fourth-order valence-electron chi connectivity index (χ4n) is 4.77. The average molecular weight is 439 g/mol. The first kappa shape index (κ1) is 20.7. The number of imidazole rings is 2. The van der Waals surface area contributed by atoms with Crippen molar-refractivity contribution in [2.24, 2.45) is 7.05 Å². The Hall–Kier alpha value is -3.20. The van der Waals surface area contributed by atoms with Crippen molar-refractivity contribution in [3.05, 3.63) is 62.3 Å². The van der Waals surface area contributed by atoms with Crippen LogP contribution in [0.15, 0.2) is 33.9 Å². The lowest BCUT2D eigenvalue weighted by Gasteiger charge is -2.26. The summed E-state index contributed by atoms with van der Waals surface area (Å²) in [4.78, 5) is 33.5. The first-order valence-corrected chi connectivity index (χ1v) is 11.1. The summed E-state index contributed by atoms with van der Waals surface area (Å²) in [6.45, 7) is 6.91. The molecule has 9 heteroatoms. The summed E-state index contributed by atoms with van der Waals surface area (Å²) in [7, 11) is 1.65. The average Bonchev–Trinajstić information content (AvgIpc) is 3.29. The van der Waals surface area contributed by atoms with E-state index in [2.05, 4.69) is 9.88 Å². The molecule has 4 aromatic rings. The number of aromatic nitrogens is 5. The Bertz CT molecular complexity index is 1430. The highest BCUT2D eigenvalue weighted by molar-refractivity contribution is 5.77. The molecule has 8 nitrogen and oxygen atoms in total. The van der Waals surface area contributed by atoms with E-state index >= 15 is 0 Å². The van der Waals surface area contributed by atoms with Crippen LogP contribution in [0.25, 0.3) is 22.6 Å². The molecule has 0 saturated carbocycles. The molecule has 1 aromatic carbocycles. The molecule has 168 valence electrons. The van der Waals surface area contributed by atoms with Gasteiger partial charge in [-0.3, -0.25) is 22.9 Å². The molecule has 1 aliphatic rings. The third kappa shape index (κ3) is 3.10. The Labute approximate surface area is 184 Å². The van der Waals surface area contributed by atoms with E-state index in [1.54, 1.807) is 19.2 Å². The van der Waals surface area contributed by atoms with Gasteiger partial charge in [0.1, 0.15) is 5.82 Å². The lowest BCUT2D eigenvalue weighted by atomic mass is 10.1. The van der Waals surface area contributed by atoms with Gasteiger partial charge in [0, 0.05) is 37.2 Å². The number of rotatable bonds is 4. The molecule has 0 atom stereocenters. The normalized spacial score (nSPS) is 15.2. The van der Waals surface area contributed by atoms with E-state index in [9.17, 15) is 14.0 Å². The molecule has 1 saturated heterocycles. The van der Waals surface area contributed by atoms with E-state index in [1.165, 1.54) is 27.7 Å². The number of aryl methyl sites for hydroxylation is 2. The third-order valence-electron chi connectivity index (χ3n) is 6.69. The molecule has 0 spiro atoms. The van der Waals surface area contributed by atoms with Gasteiger partial charge in [-0.1, -0.05) is 6.42 Å². The molecule has 0 bridgehead atoms. The van der Waals surface area contributed by atoms with Crippen molar-refractivity contribution in [3.8, 4) is 5.69 Å². The summed E-state index contributed by atoms with van der Waals surface area (Å²) in [5.41, 5.74) is 2.55. The lowest BCUT2D eigenvalue weighted by Crippen LogP contribution is -2.43. The van der Waals surface area contributed by atoms with Crippen LogP contribution in [0.5, 0.6) is 0 Å². The van der Waals surface area contributed by atoms with E-state index in [0.29, 0.717) is 30.0 Å². The highest BCUT2D eigenvalue weighted by atomic mass is 19.1. The van der Waals surface area contributed by atoms with Gasteiger partial charge in [0.2, 0.25) is 5.78 Å². The highest BCUT2D eigenvalue weighted by Crippen LogP contribution is 2.24. The maximum absolute atomic E-state index is 13.5. The van der Waals surface area contributed by atoms with Crippen molar-refractivity contribution in [2.45, 2.75) is 39.7 Å². The third-order valence-corrected chi connectivity index (χ3v) is 6.69. The Kier molecular flexibility index (Phi) is 5.00. The number of piperidine rings is 1. The maximum atomic E-state index is 13.5. The lowest BCUT2D eigenvalue weighted by molar-refractivity contribution is 0.218. The zero-order valence-corrected chi connectivity index (χ0v) is 18.6. The van der Waals surface area contributed by atoms with Gasteiger partial charge >= 0.3 is 5.69 Å². The number of likely N-dealkylation sites (tertiary alicyclic amines) is 1. The second-order valence-corrected chi connectivity index (χ2v) is 8.60. The van der Waals surface area contributed by atoms with E-state index in [-0.39, 0.29) is 17.1 Å². The summed E-state index contributed by atoms with van der Waals surface area (Å²) in [6, 6.07) is 6.15. The molecule has 1 fully saturated rings. The Balaban J connectivity index is 1.70. The van der Waals surface area contributed by atoms with Crippen LogP contribution in [0, 0.1) is 19.7 Å². The van der Waals surface area contributed by atoms with Crippen LogP contribution >= 0.6 is 0 Å². The SMILES string of the molecule is Cc1c(C)n2c3c(=O)n(CCN4CCCCC4)c(=O)n(C)c3nc2n1-c1ccc(F)cc1. The fourth-order valence-corrected chi connectivity index (χ4v) is 4.77. The molecule has 1 aliphatic heterocycles. The van der Waals surface area contributed by atoms with Gasteiger partial charge in [-0.25, -0.2) is 9.18 Å². The standard InChI is InChI=1S/C23H27FN6O2/c1-15-16(2)30-19-20(25-22(30)29(15)18-9-7-17(24)8-10-18)26(3)23(32)28(21(19)31)14-13-27-11-5-4-6-12-27/h7-10H,4-6,11-14H2,1-3H3. The van der Waals surface area contributed by atoms with Gasteiger partial charge in [0.05, 0.1) is 0 Å². The summed E-state index contributed by atoms with van der Waals surface area (Å²) in [6.07, 6.45) is 3.55. The molecule has 4 heterocycles. The molecule has 5 rings (SSSR count). The second-order valence-electron chi connectivity index (χ2n) is 8.60. The van der Waals surface area contributed by atoms with E-state index in [1.807, 2.05) is 22.8 Å². The minimum Gasteiger partial charge on any atom is -0.302 e. The molecule has 0 N–H and O–H groups in total. The van der Waals surface area contributed by atoms with Gasteiger partial charge < -0.3 is 4.90 Å². The number of hydrogen-bond donors (Lipinski definition) is 0. The molecule has 0 amide bonds. The van der Waals surface area contributed by atoms with Crippen molar-refractivity contribution in [2.75, 3.05) is 19.6 Å². The largest absolute Gasteiger partial charge is 0.332 e. The monoisotopic (exact) mass is 438 g/mol. The van der Waals surface area contributed by atoms with Crippen LogP contribution in [-0.2, 0) is 13.6 Å². The fraction of sp³-hybridized carbons (Fsp3) is 0.435. The number of benzene rings is 1. The Morgan fingerprint density at radius 1 is 0.969 bits per heavy atom. The van der Waals surface area contributed by atoms with Gasteiger partial charge in [-0.15, -0.1) is 0 Å². The quantitative estimate of drug-likeness (QED) is 0.491. The summed E-state index contributed by atoms with van der Waals surface area (Å²) >= 11 is 0. The minimum absolute atomic E-state index is 0.321. The summed E-state index contributed by atoms with van der Waals surface area (Å²) in [5, 5.41) is 0. The van der Waals surface area contributed by atoms with Crippen LogP contribution in [0.3, 0.4) is 0 Å². The molecule has 0 radical (unpaired) electrons. The first-order chi connectivity index (χ1) is 15.4. The number of nitrogens with zero attached hydrogens (tertiary/aromatic N) is 6. The summed E-state index contributed by atoms with van der Waals surface area (Å²) in [5.74, 6) is 0.210. The smallest absolute Gasteiger partial charge is 0.302 e. The van der Waals surface area contributed by atoms with Crippen molar-refractivity contribution >= 4 is 16.9 Å². The van der Waals surface area contributed by atoms with Gasteiger partial charge in [0.25, 0.3) is 5.56 Å². The minimum atomic E-state index is -0.358. The maximum Gasteiger partial charge on any atom is 0.332 e. The van der Waals surface area contributed by atoms with Crippen molar-refractivity contribution in [1.82, 2.24) is 28.0 Å². The highest BCUT2D eigenvalue weighted by Gasteiger charge is 2.23. The van der Waals surface area contributed by atoms with Crippen LogP contribution in [0.2, 0.25) is 0 Å². The molecule has 0 aliphatic carbocycles. The van der Waals surface area contributed by atoms with Crippen LogP contribution in [0.4, 0.5) is 4.39 Å². The molecule has 0 unspecified atom stereocenters. The van der Waals surface area contributed by atoms with Crippen LogP contribution in [-0.4, -0.2) is 47.6 Å². The zero-order chi connectivity index (χ0) is 22.6. The van der Waals surface area contributed by atoms with Gasteiger partial charge in [0.15, 0.2) is 11.2 Å². The number of halogens is 1. The first-order valence-electron chi connectivity index (χ1n) is 11.1. The summed E-state index contributed by atoms with van der Waals surface area (Å²) < 4.78 is 20.0. The van der Waals surface area contributed by atoms with Crippen LogP contribution in [0.1, 0.15) is 30.7 Å². The molecular weight excluding hydrogens is 411 g/mol. The number of fused-ring (bicyclic) bond motifs is 3. The van der Waals surface area contributed by atoms with Crippen LogP contribution < -0.4 is 11.2 Å². The predicted molar refractivity (Wildman–Crippen MR) is 121 cm³/mol. The zero-order valence-electron chi connectivity index (χ0n) is 18.6.